The molecule has 0 aliphatic carbocycles. The third-order valence-electron chi connectivity index (χ3n) is 4.61. The highest BCUT2D eigenvalue weighted by Crippen LogP contribution is 2.33. The normalized spacial score (nSPS) is 10.3. The van der Waals surface area contributed by atoms with E-state index in [1.54, 1.807) is 48.2 Å². The second kappa shape index (κ2) is 9.60. The van der Waals surface area contributed by atoms with E-state index in [9.17, 15) is 4.79 Å². The minimum Gasteiger partial charge on any atom is -0.493 e. The zero-order valence-electron chi connectivity index (χ0n) is 17.2. The first-order valence-corrected chi connectivity index (χ1v) is 9.51. The van der Waals surface area contributed by atoms with Crippen LogP contribution in [0.5, 0.6) is 11.5 Å². The Bertz CT molecular complexity index is 1030. The number of ether oxygens (including phenoxy) is 2. The highest BCUT2D eigenvalue weighted by Gasteiger charge is 2.23. The number of methoxy groups -OCH3 is 2. The lowest BCUT2D eigenvalue weighted by molar-refractivity contribution is 0.0791. The van der Waals surface area contributed by atoms with E-state index in [4.69, 9.17) is 14.6 Å². The molecule has 30 heavy (non-hydrogen) atoms. The number of aromatic nitrogens is 2. The molecule has 0 atom stereocenters. The zero-order chi connectivity index (χ0) is 21.5. The van der Waals surface area contributed by atoms with Crippen molar-refractivity contribution in [3.63, 3.8) is 0 Å². The van der Waals surface area contributed by atoms with E-state index in [1.165, 1.54) is 0 Å². The lowest BCUT2D eigenvalue weighted by Crippen LogP contribution is -2.31. The van der Waals surface area contributed by atoms with Crippen molar-refractivity contribution in [3.05, 3.63) is 85.6 Å². The lowest BCUT2D eigenvalue weighted by atomic mass is 10.1. The van der Waals surface area contributed by atoms with Crippen molar-refractivity contribution in [2.24, 2.45) is 0 Å². The largest absolute Gasteiger partial charge is 0.493 e. The summed E-state index contributed by atoms with van der Waals surface area (Å²) in [5.74, 6) is 1.02. The van der Waals surface area contributed by atoms with Gasteiger partial charge in [-0.1, -0.05) is 30.4 Å². The van der Waals surface area contributed by atoms with Crippen LogP contribution >= 0.6 is 0 Å². The molecule has 0 N–H and O–H groups in total. The van der Waals surface area contributed by atoms with Gasteiger partial charge in [-0.05, 0) is 30.3 Å². The SMILES string of the molecule is C=CCN(CC=C)C(=O)c1cn(-c2ccccc2)nc1-c1ccc(OC)c(OC)c1. The predicted molar refractivity (Wildman–Crippen MR) is 118 cm³/mol. The maximum atomic E-state index is 13.4. The van der Waals surface area contributed by atoms with Crippen molar-refractivity contribution >= 4 is 5.91 Å². The van der Waals surface area contributed by atoms with Gasteiger partial charge in [0.15, 0.2) is 11.5 Å². The second-order valence-corrected chi connectivity index (χ2v) is 6.53. The summed E-state index contributed by atoms with van der Waals surface area (Å²) in [6, 6.07) is 15.1. The fourth-order valence-electron chi connectivity index (χ4n) is 3.16. The number of rotatable bonds is 9. The molecule has 0 spiro atoms. The van der Waals surface area contributed by atoms with Gasteiger partial charge in [0.2, 0.25) is 0 Å². The number of nitrogens with zero attached hydrogens (tertiary/aromatic N) is 3. The van der Waals surface area contributed by atoms with E-state index in [-0.39, 0.29) is 5.91 Å². The van der Waals surface area contributed by atoms with E-state index in [1.807, 2.05) is 42.5 Å². The number of amides is 1. The molecule has 154 valence electrons. The van der Waals surface area contributed by atoms with Crippen LogP contribution in [0, 0.1) is 0 Å². The summed E-state index contributed by atoms with van der Waals surface area (Å²) in [5, 5.41) is 4.73. The first-order valence-electron chi connectivity index (χ1n) is 9.51. The molecule has 1 aromatic heterocycles. The molecular weight excluding hydrogens is 378 g/mol. The number of carbonyl (C=O) groups excluding carboxylic acids is 1. The van der Waals surface area contributed by atoms with Gasteiger partial charge in [-0.2, -0.15) is 5.10 Å². The molecule has 0 saturated carbocycles. The van der Waals surface area contributed by atoms with E-state index >= 15 is 0 Å². The Morgan fingerprint density at radius 3 is 2.30 bits per heavy atom. The topological polar surface area (TPSA) is 56.6 Å². The summed E-state index contributed by atoms with van der Waals surface area (Å²) in [6.45, 7) is 8.33. The Kier molecular flexibility index (Phi) is 6.70. The van der Waals surface area contributed by atoms with Gasteiger partial charge in [0, 0.05) is 24.8 Å². The molecule has 2 aromatic carbocycles. The predicted octanol–water partition coefficient (Wildman–Crippen LogP) is 4.37. The Morgan fingerprint density at radius 1 is 1.03 bits per heavy atom. The number of carbonyl (C=O) groups is 1. The van der Waals surface area contributed by atoms with Crippen LogP contribution < -0.4 is 9.47 Å². The molecule has 0 radical (unpaired) electrons. The van der Waals surface area contributed by atoms with Gasteiger partial charge in [-0.3, -0.25) is 4.79 Å². The van der Waals surface area contributed by atoms with Gasteiger partial charge >= 0.3 is 0 Å². The minimum atomic E-state index is -0.151. The molecule has 0 unspecified atom stereocenters. The van der Waals surface area contributed by atoms with Crippen molar-refractivity contribution in [2.75, 3.05) is 27.3 Å². The lowest BCUT2D eigenvalue weighted by Gasteiger charge is -2.19. The molecule has 1 amide bonds. The summed E-state index contributed by atoms with van der Waals surface area (Å²) in [7, 11) is 3.16. The number of hydrogen-bond acceptors (Lipinski definition) is 4. The molecule has 6 nitrogen and oxygen atoms in total. The molecule has 0 aliphatic heterocycles. The summed E-state index contributed by atoms with van der Waals surface area (Å²) in [4.78, 5) is 15.0. The van der Waals surface area contributed by atoms with Crippen molar-refractivity contribution in [1.82, 2.24) is 14.7 Å². The Labute approximate surface area is 176 Å². The summed E-state index contributed by atoms with van der Waals surface area (Å²) in [5.41, 5.74) is 2.65. The van der Waals surface area contributed by atoms with E-state index in [0.717, 1.165) is 11.3 Å². The van der Waals surface area contributed by atoms with Crippen LogP contribution in [0.15, 0.2) is 80.0 Å². The van der Waals surface area contributed by atoms with Gasteiger partial charge in [0.1, 0.15) is 5.69 Å². The van der Waals surface area contributed by atoms with Crippen LogP contribution in [0.2, 0.25) is 0 Å². The third kappa shape index (κ3) is 4.27. The quantitative estimate of drug-likeness (QED) is 0.498. The standard InChI is InChI=1S/C24H25N3O3/c1-5-14-26(15-6-2)24(28)20-17-27(19-10-8-7-9-11-19)25-23(20)18-12-13-21(29-3)22(16-18)30-4/h5-13,16-17H,1-2,14-15H2,3-4H3. The van der Waals surface area contributed by atoms with Crippen LogP contribution in [0.1, 0.15) is 10.4 Å². The van der Waals surface area contributed by atoms with E-state index in [2.05, 4.69) is 13.2 Å². The zero-order valence-corrected chi connectivity index (χ0v) is 17.2. The molecule has 6 heteroatoms. The smallest absolute Gasteiger partial charge is 0.258 e. The summed E-state index contributed by atoms with van der Waals surface area (Å²) >= 11 is 0. The number of benzene rings is 2. The van der Waals surface area contributed by atoms with Gasteiger partial charge in [-0.25, -0.2) is 4.68 Å². The fourth-order valence-corrected chi connectivity index (χ4v) is 3.16. The van der Waals surface area contributed by atoms with Crippen molar-refractivity contribution in [1.29, 1.82) is 0 Å². The van der Waals surface area contributed by atoms with Crippen LogP contribution in [0.3, 0.4) is 0 Å². The molecular formula is C24H25N3O3. The Morgan fingerprint density at radius 2 is 1.70 bits per heavy atom. The van der Waals surface area contributed by atoms with Crippen molar-refractivity contribution < 1.29 is 14.3 Å². The van der Waals surface area contributed by atoms with Crippen LogP contribution in [0.4, 0.5) is 0 Å². The maximum Gasteiger partial charge on any atom is 0.258 e. The molecule has 3 aromatic rings. The van der Waals surface area contributed by atoms with Crippen molar-refractivity contribution in [2.45, 2.75) is 0 Å². The molecule has 0 saturated heterocycles. The summed E-state index contributed by atoms with van der Waals surface area (Å²) in [6.07, 6.45) is 5.14. The van der Waals surface area contributed by atoms with Gasteiger partial charge in [0.05, 0.1) is 25.5 Å². The van der Waals surface area contributed by atoms with Gasteiger partial charge < -0.3 is 14.4 Å². The highest BCUT2D eigenvalue weighted by molar-refractivity contribution is 6.00. The molecule has 0 fully saturated rings. The van der Waals surface area contributed by atoms with E-state index in [0.29, 0.717) is 35.8 Å². The highest BCUT2D eigenvalue weighted by atomic mass is 16.5. The number of para-hydroxylation sites is 1. The van der Waals surface area contributed by atoms with E-state index < -0.39 is 0 Å². The Hall–Kier alpha value is -3.80. The molecule has 0 bridgehead atoms. The molecule has 0 aliphatic rings. The molecule has 3 rings (SSSR count). The Balaban J connectivity index is 2.15. The third-order valence-corrected chi connectivity index (χ3v) is 4.61. The monoisotopic (exact) mass is 403 g/mol. The molecule has 1 heterocycles. The van der Waals surface area contributed by atoms with Crippen LogP contribution in [0.25, 0.3) is 16.9 Å². The summed E-state index contributed by atoms with van der Waals surface area (Å²) < 4.78 is 12.5. The van der Waals surface area contributed by atoms with Gasteiger partial charge in [-0.15, -0.1) is 13.2 Å². The minimum absolute atomic E-state index is 0.151. The maximum absolute atomic E-state index is 13.4. The van der Waals surface area contributed by atoms with Crippen LogP contribution in [-0.2, 0) is 0 Å². The second-order valence-electron chi connectivity index (χ2n) is 6.53. The average Bonchev–Trinajstić information content (AvgIpc) is 3.24. The first-order chi connectivity index (χ1) is 14.6. The van der Waals surface area contributed by atoms with Gasteiger partial charge in [0.25, 0.3) is 5.91 Å². The van der Waals surface area contributed by atoms with Crippen molar-refractivity contribution in [3.8, 4) is 28.4 Å². The fraction of sp³-hybridized carbons (Fsp3) is 0.167. The van der Waals surface area contributed by atoms with Crippen LogP contribution in [-0.4, -0.2) is 47.9 Å². The number of hydrogen-bond donors (Lipinski definition) is 0. The average molecular weight is 403 g/mol. The first kappa shape index (κ1) is 20.9.